The van der Waals surface area contributed by atoms with Crippen molar-refractivity contribution in [2.75, 3.05) is 11.9 Å². The average molecular weight is 936 g/mol. The Balaban J connectivity index is 0. The van der Waals surface area contributed by atoms with Crippen molar-refractivity contribution in [3.63, 3.8) is 0 Å². The van der Waals surface area contributed by atoms with Crippen molar-refractivity contribution in [2.24, 2.45) is 17.3 Å². The van der Waals surface area contributed by atoms with E-state index in [1.165, 1.54) is 37.7 Å². The maximum atomic E-state index is 11.6. The van der Waals surface area contributed by atoms with E-state index in [0.717, 1.165) is 31.4 Å². The van der Waals surface area contributed by atoms with E-state index in [-0.39, 0.29) is 29.7 Å². The Kier molecular flexibility index (Phi) is 37.0. The zero-order chi connectivity index (χ0) is 51.2. The lowest BCUT2D eigenvalue weighted by atomic mass is 9.91. The summed E-state index contributed by atoms with van der Waals surface area (Å²) in [5.41, 5.74) is 3.17. The summed E-state index contributed by atoms with van der Waals surface area (Å²) in [5, 5.41) is 5.67. The van der Waals surface area contributed by atoms with Gasteiger partial charge in [0.1, 0.15) is 5.75 Å². The summed E-state index contributed by atoms with van der Waals surface area (Å²) in [6, 6.07) is 44.2. The Morgan fingerprint density at radius 3 is 1.60 bits per heavy atom. The van der Waals surface area contributed by atoms with Gasteiger partial charge in [-0.1, -0.05) is 207 Å². The molecule has 3 unspecified atom stereocenters. The molecular formula is C60H89NO5S. The number of ether oxygens (including phenoxy) is 2. The molecule has 0 saturated carbocycles. The molecule has 370 valence electrons. The van der Waals surface area contributed by atoms with Crippen LogP contribution < -0.4 is 10.1 Å². The van der Waals surface area contributed by atoms with Gasteiger partial charge < -0.3 is 14.8 Å². The minimum absolute atomic E-state index is 0.0146. The van der Waals surface area contributed by atoms with Crippen LogP contribution in [0.1, 0.15) is 160 Å². The first kappa shape index (κ1) is 63.8. The maximum absolute atomic E-state index is 11.6. The van der Waals surface area contributed by atoms with Crippen LogP contribution in [0.3, 0.4) is 0 Å². The molecule has 0 aliphatic heterocycles. The topological polar surface area (TPSA) is 81.7 Å². The number of carbonyl (C=O) groups excluding carboxylic acids is 3. The fraction of sp³-hybridized carbons (Fsp3) is 0.450. The highest BCUT2D eigenvalue weighted by Gasteiger charge is 2.27. The minimum Gasteiger partial charge on any atom is -0.465 e. The van der Waals surface area contributed by atoms with Crippen LogP contribution in [0, 0.1) is 17.3 Å². The van der Waals surface area contributed by atoms with Crippen molar-refractivity contribution in [3.8, 4) is 5.75 Å². The standard InChI is InChI=1S/C16H16S.C13H18O2.C12H16O2.C11H15NO.4C2H6/c1-3-11(2)12-8-6-9-14-13-7-4-5-10-15(13)17-16(12)14;1-3-11(2)13(14)15-10-9-12-7-5-4-6-8-12;1-4-12(2,3)11(13)14-10-8-6-5-7-9-10;1-3-9(2)11(13)12-10-7-5-4-6-8-10;4*1-2/h4-11H,3H2,1-2H3;4-8,11H,3,9-10H2,1-2H3;5-9H,4H2,1-3H3;4-9H,3H2,1-2H3,(H,12,13);4*1-2H3. The molecule has 0 spiro atoms. The Morgan fingerprint density at radius 1 is 0.582 bits per heavy atom. The number of hydrogen-bond acceptors (Lipinski definition) is 6. The lowest BCUT2D eigenvalue weighted by Gasteiger charge is -2.19. The molecule has 1 aromatic heterocycles. The molecule has 6 nitrogen and oxygen atoms in total. The third-order valence-electron chi connectivity index (χ3n) is 10.6. The van der Waals surface area contributed by atoms with Gasteiger partial charge in [0.15, 0.2) is 0 Å². The van der Waals surface area contributed by atoms with Crippen molar-refractivity contribution in [3.05, 3.63) is 145 Å². The summed E-state index contributed by atoms with van der Waals surface area (Å²) in [5.74, 6) is 1.18. The summed E-state index contributed by atoms with van der Waals surface area (Å²) < 4.78 is 13.3. The Hall–Kier alpha value is -5.27. The summed E-state index contributed by atoms with van der Waals surface area (Å²) in [6.45, 7) is 34.6. The maximum Gasteiger partial charge on any atom is 0.316 e. The number of thiophene rings is 1. The van der Waals surface area contributed by atoms with E-state index in [4.69, 9.17) is 9.47 Å². The van der Waals surface area contributed by atoms with Crippen LogP contribution >= 0.6 is 11.3 Å². The second-order valence-electron chi connectivity index (χ2n) is 15.4. The monoisotopic (exact) mass is 936 g/mol. The van der Waals surface area contributed by atoms with Gasteiger partial charge in [0, 0.05) is 38.2 Å². The Morgan fingerprint density at radius 2 is 1.07 bits per heavy atom. The van der Waals surface area contributed by atoms with Crippen LogP contribution in [0.5, 0.6) is 5.75 Å². The molecule has 1 N–H and O–H groups in total. The van der Waals surface area contributed by atoms with E-state index < -0.39 is 5.41 Å². The highest BCUT2D eigenvalue weighted by atomic mass is 32.1. The lowest BCUT2D eigenvalue weighted by Crippen LogP contribution is -2.28. The average Bonchev–Trinajstić information content (AvgIpc) is 3.78. The Labute approximate surface area is 412 Å². The van der Waals surface area contributed by atoms with Crippen molar-refractivity contribution < 1.29 is 23.9 Å². The van der Waals surface area contributed by atoms with Crippen LogP contribution in [-0.4, -0.2) is 24.5 Å². The molecule has 0 aliphatic rings. The fourth-order valence-corrected chi connectivity index (χ4v) is 6.78. The molecule has 67 heavy (non-hydrogen) atoms. The van der Waals surface area contributed by atoms with Gasteiger partial charge in [-0.15, -0.1) is 11.3 Å². The smallest absolute Gasteiger partial charge is 0.316 e. The number of para-hydroxylation sites is 2. The Bertz CT molecular complexity index is 2130. The molecule has 0 radical (unpaired) electrons. The van der Waals surface area contributed by atoms with Crippen LogP contribution in [0.4, 0.5) is 5.69 Å². The molecule has 1 heterocycles. The van der Waals surface area contributed by atoms with E-state index in [2.05, 4.69) is 61.6 Å². The van der Waals surface area contributed by atoms with Crippen molar-refractivity contribution in [1.82, 2.24) is 0 Å². The molecule has 6 aromatic rings. The van der Waals surface area contributed by atoms with Gasteiger partial charge in [-0.05, 0) is 86.9 Å². The quantitative estimate of drug-likeness (QED) is 0.0921. The van der Waals surface area contributed by atoms with Crippen molar-refractivity contribution in [1.29, 1.82) is 0 Å². The second-order valence-corrected chi connectivity index (χ2v) is 16.5. The van der Waals surface area contributed by atoms with Gasteiger partial charge in [-0.3, -0.25) is 14.4 Å². The summed E-state index contributed by atoms with van der Waals surface area (Å²) in [7, 11) is 0. The van der Waals surface area contributed by atoms with Crippen LogP contribution in [-0.2, 0) is 25.5 Å². The van der Waals surface area contributed by atoms with Gasteiger partial charge in [-0.25, -0.2) is 0 Å². The largest absolute Gasteiger partial charge is 0.465 e. The van der Waals surface area contributed by atoms with Crippen molar-refractivity contribution >= 4 is 55.0 Å². The van der Waals surface area contributed by atoms with Gasteiger partial charge >= 0.3 is 11.9 Å². The van der Waals surface area contributed by atoms with Gasteiger partial charge in [0.05, 0.1) is 17.9 Å². The van der Waals surface area contributed by atoms with E-state index in [9.17, 15) is 14.4 Å². The molecule has 5 aromatic carbocycles. The minimum atomic E-state index is -0.407. The van der Waals surface area contributed by atoms with E-state index in [1.807, 2.05) is 194 Å². The highest BCUT2D eigenvalue weighted by molar-refractivity contribution is 7.26. The molecular weight excluding hydrogens is 847 g/mol. The highest BCUT2D eigenvalue weighted by Crippen LogP contribution is 2.38. The number of rotatable bonds is 13. The number of amides is 1. The summed E-state index contributed by atoms with van der Waals surface area (Å²) in [4.78, 5) is 34.4. The molecule has 0 fully saturated rings. The number of fused-ring (bicyclic) bond motifs is 3. The number of anilines is 1. The normalized spacial score (nSPS) is 11.1. The SMILES string of the molecule is CC.CC.CC.CC.CCC(C)(C)C(=O)Oc1ccccc1.CCC(C)C(=O)Nc1ccccc1.CCC(C)C(=O)OCCc1ccccc1.CCC(C)c1cccc2c1sc1ccccc12. The first-order chi connectivity index (χ1) is 32.3. The molecule has 1 amide bonds. The zero-order valence-corrected chi connectivity index (χ0v) is 45.4. The van der Waals surface area contributed by atoms with Gasteiger partial charge in [0.2, 0.25) is 5.91 Å². The molecule has 6 rings (SSSR count). The predicted octanol–water partition coefficient (Wildman–Crippen LogP) is 18.2. The summed E-state index contributed by atoms with van der Waals surface area (Å²) in [6.07, 6.45) is 4.48. The number of hydrogen-bond donors (Lipinski definition) is 1. The number of nitrogens with one attached hydrogen (secondary N) is 1. The number of benzene rings is 5. The molecule has 0 aliphatic carbocycles. The third-order valence-corrected chi connectivity index (χ3v) is 11.8. The second kappa shape index (κ2) is 38.8. The summed E-state index contributed by atoms with van der Waals surface area (Å²) >= 11 is 1.93. The third kappa shape index (κ3) is 24.4. The van der Waals surface area contributed by atoms with Gasteiger partial charge in [-0.2, -0.15) is 0 Å². The molecule has 0 saturated heterocycles. The van der Waals surface area contributed by atoms with Crippen LogP contribution in [0.15, 0.2) is 133 Å². The van der Waals surface area contributed by atoms with Crippen LogP contribution in [0.25, 0.3) is 20.2 Å². The molecule has 0 bridgehead atoms. The number of carbonyl (C=O) groups is 3. The fourth-order valence-electron chi connectivity index (χ4n) is 5.45. The first-order valence-corrected chi connectivity index (χ1v) is 25.9. The molecule has 3 atom stereocenters. The van der Waals surface area contributed by atoms with Crippen molar-refractivity contribution in [2.45, 2.75) is 156 Å². The van der Waals surface area contributed by atoms with Gasteiger partial charge in [0.25, 0.3) is 0 Å². The van der Waals surface area contributed by atoms with E-state index in [1.54, 1.807) is 12.1 Å². The zero-order valence-electron chi connectivity index (χ0n) is 44.6. The number of esters is 2. The van der Waals surface area contributed by atoms with Crippen LogP contribution in [0.2, 0.25) is 0 Å². The first-order valence-electron chi connectivity index (χ1n) is 25.1. The van der Waals surface area contributed by atoms with E-state index >= 15 is 0 Å². The predicted molar refractivity (Wildman–Crippen MR) is 295 cm³/mol. The van der Waals surface area contributed by atoms with E-state index in [0.29, 0.717) is 18.3 Å². The lowest BCUT2D eigenvalue weighted by molar-refractivity contribution is -0.148. The molecule has 7 heteroatoms.